The molecule has 5 nitrogen and oxygen atoms in total. The lowest BCUT2D eigenvalue weighted by Gasteiger charge is -2.18. The highest BCUT2D eigenvalue weighted by molar-refractivity contribution is 5.84. The van der Waals surface area contributed by atoms with Gasteiger partial charge in [-0.05, 0) is 26.8 Å². The van der Waals surface area contributed by atoms with Crippen molar-refractivity contribution in [3.8, 4) is 0 Å². The fraction of sp³-hybridized carbons (Fsp3) is 0.889. The number of hydrogen-bond acceptors (Lipinski definition) is 4. The Morgan fingerprint density at radius 2 is 2.36 bits per heavy atom. The van der Waals surface area contributed by atoms with E-state index >= 15 is 0 Å². The Morgan fingerprint density at radius 1 is 1.71 bits per heavy atom. The van der Waals surface area contributed by atoms with Crippen LogP contribution in [0.1, 0.15) is 19.8 Å². The van der Waals surface area contributed by atoms with Crippen molar-refractivity contribution in [2.75, 3.05) is 20.1 Å². The first-order valence-electron chi connectivity index (χ1n) is 5.06. The first-order valence-corrected chi connectivity index (χ1v) is 5.06. The zero-order chi connectivity index (χ0) is 10.6. The van der Waals surface area contributed by atoms with E-state index in [1.807, 2.05) is 6.92 Å². The molecule has 0 radical (unpaired) electrons. The maximum Gasteiger partial charge on any atom is 0.156 e. The van der Waals surface area contributed by atoms with Crippen molar-refractivity contribution in [2.45, 2.75) is 31.8 Å². The number of rotatable bonds is 6. The molecule has 0 saturated heterocycles. The first kappa shape index (κ1) is 11.3. The molecule has 0 amide bonds. The zero-order valence-corrected chi connectivity index (χ0v) is 8.90. The second-order valence-corrected chi connectivity index (χ2v) is 3.91. The average molecular weight is 200 g/mol. The second kappa shape index (κ2) is 5.17. The summed E-state index contributed by atoms with van der Waals surface area (Å²) in [6.07, 6.45) is 2.65. The predicted molar refractivity (Wildman–Crippen MR) is 56.5 cm³/mol. The molecule has 1 aliphatic rings. The van der Waals surface area contributed by atoms with Crippen molar-refractivity contribution in [2.24, 2.45) is 10.9 Å². The van der Waals surface area contributed by atoms with Crippen LogP contribution in [0.2, 0.25) is 0 Å². The van der Waals surface area contributed by atoms with E-state index in [1.165, 1.54) is 12.8 Å². The molecule has 1 rings (SSSR count). The number of hydrogen-bond donors (Lipinski definition) is 3. The topological polar surface area (TPSA) is 73.9 Å². The van der Waals surface area contributed by atoms with Crippen LogP contribution in [-0.4, -0.2) is 48.2 Å². The Labute approximate surface area is 84.9 Å². The van der Waals surface area contributed by atoms with Gasteiger partial charge in [-0.25, -0.2) is 0 Å². The average Bonchev–Trinajstić information content (AvgIpc) is 2.99. The third kappa shape index (κ3) is 3.51. The Hall–Kier alpha value is -0.810. The van der Waals surface area contributed by atoms with Crippen LogP contribution in [0.25, 0.3) is 0 Å². The van der Waals surface area contributed by atoms with Crippen LogP contribution in [0.3, 0.4) is 0 Å². The first-order chi connectivity index (χ1) is 6.65. The van der Waals surface area contributed by atoms with Crippen LogP contribution in [0.4, 0.5) is 0 Å². The van der Waals surface area contributed by atoms with Gasteiger partial charge in [0.2, 0.25) is 0 Å². The maximum atomic E-state index is 8.42. The van der Waals surface area contributed by atoms with E-state index in [2.05, 4.69) is 22.4 Å². The quantitative estimate of drug-likeness (QED) is 0.240. The lowest BCUT2D eigenvalue weighted by Crippen LogP contribution is -2.42. The molecule has 1 fully saturated rings. The molecule has 0 aromatic heterocycles. The number of likely N-dealkylation sites (N-methyl/N-ethyl adjacent to an activating group) is 1. The van der Waals surface area contributed by atoms with Crippen molar-refractivity contribution < 1.29 is 5.21 Å². The van der Waals surface area contributed by atoms with E-state index in [-0.39, 0.29) is 11.9 Å². The molecular formula is C9H20N4O. The molecule has 0 aromatic carbocycles. The highest BCUT2D eigenvalue weighted by Crippen LogP contribution is 2.24. The third-order valence-corrected chi connectivity index (χ3v) is 2.64. The van der Waals surface area contributed by atoms with Crippen molar-refractivity contribution in [3.63, 3.8) is 0 Å². The van der Waals surface area contributed by atoms with Crippen LogP contribution in [0.15, 0.2) is 5.16 Å². The van der Waals surface area contributed by atoms with Crippen molar-refractivity contribution in [1.82, 2.24) is 10.2 Å². The summed E-state index contributed by atoms with van der Waals surface area (Å²) in [4.78, 5) is 2.34. The van der Waals surface area contributed by atoms with Crippen LogP contribution < -0.4 is 11.1 Å². The molecule has 14 heavy (non-hydrogen) atoms. The summed E-state index contributed by atoms with van der Waals surface area (Å²) in [5.74, 6) is 0.235. The van der Waals surface area contributed by atoms with Gasteiger partial charge in [0.1, 0.15) is 0 Å². The second-order valence-electron chi connectivity index (χ2n) is 3.91. The van der Waals surface area contributed by atoms with Crippen molar-refractivity contribution in [3.05, 3.63) is 0 Å². The lowest BCUT2D eigenvalue weighted by molar-refractivity contribution is 0.309. The molecular weight excluding hydrogens is 180 g/mol. The molecule has 1 aliphatic carbocycles. The largest absolute Gasteiger partial charge is 0.409 e. The van der Waals surface area contributed by atoms with Gasteiger partial charge in [-0.15, -0.1) is 0 Å². The molecule has 4 N–H and O–H groups in total. The highest BCUT2D eigenvalue weighted by atomic mass is 16.4. The maximum absolute atomic E-state index is 8.42. The van der Waals surface area contributed by atoms with E-state index in [0.29, 0.717) is 0 Å². The fourth-order valence-corrected chi connectivity index (χ4v) is 1.35. The van der Waals surface area contributed by atoms with Gasteiger partial charge >= 0.3 is 0 Å². The molecule has 1 saturated carbocycles. The minimum Gasteiger partial charge on any atom is -0.409 e. The zero-order valence-electron chi connectivity index (χ0n) is 8.90. The molecule has 5 heteroatoms. The number of amidine groups is 1. The lowest BCUT2D eigenvalue weighted by atomic mass is 10.3. The van der Waals surface area contributed by atoms with E-state index in [9.17, 15) is 0 Å². The summed E-state index contributed by atoms with van der Waals surface area (Å²) in [5.41, 5.74) is 5.43. The summed E-state index contributed by atoms with van der Waals surface area (Å²) < 4.78 is 0. The van der Waals surface area contributed by atoms with E-state index in [1.54, 1.807) is 0 Å². The fourth-order valence-electron chi connectivity index (χ4n) is 1.35. The Balaban J connectivity index is 2.07. The molecule has 1 unspecified atom stereocenters. The van der Waals surface area contributed by atoms with Gasteiger partial charge < -0.3 is 21.2 Å². The Morgan fingerprint density at radius 3 is 2.86 bits per heavy atom. The summed E-state index contributed by atoms with van der Waals surface area (Å²) in [7, 11) is 2.13. The molecule has 0 aliphatic heterocycles. The van der Waals surface area contributed by atoms with Crippen LogP contribution in [0, 0.1) is 0 Å². The van der Waals surface area contributed by atoms with Crippen LogP contribution in [0.5, 0.6) is 0 Å². The standard InChI is InChI=1S/C9H20N4O/c1-7(9(10)12-14)11-5-6-13(2)8-3-4-8/h7-8,11,14H,3-6H2,1-2H3,(H2,10,12). The van der Waals surface area contributed by atoms with Gasteiger partial charge in [0.05, 0.1) is 6.04 Å². The Kier molecular flexibility index (Phi) is 4.16. The molecule has 1 atom stereocenters. The van der Waals surface area contributed by atoms with E-state index in [4.69, 9.17) is 10.9 Å². The Bertz CT molecular complexity index is 203. The van der Waals surface area contributed by atoms with Gasteiger partial charge in [0.25, 0.3) is 0 Å². The van der Waals surface area contributed by atoms with Gasteiger partial charge in [-0.1, -0.05) is 5.16 Å². The highest BCUT2D eigenvalue weighted by Gasteiger charge is 2.25. The third-order valence-electron chi connectivity index (χ3n) is 2.64. The van der Waals surface area contributed by atoms with Crippen molar-refractivity contribution >= 4 is 5.84 Å². The van der Waals surface area contributed by atoms with E-state index < -0.39 is 0 Å². The molecule has 0 heterocycles. The number of nitrogens with zero attached hydrogens (tertiary/aromatic N) is 2. The molecule has 82 valence electrons. The van der Waals surface area contributed by atoms with Crippen LogP contribution in [-0.2, 0) is 0 Å². The minimum absolute atomic E-state index is 0.0624. The molecule has 0 aromatic rings. The van der Waals surface area contributed by atoms with E-state index in [0.717, 1.165) is 19.1 Å². The van der Waals surface area contributed by atoms with Gasteiger partial charge in [0.15, 0.2) is 5.84 Å². The predicted octanol–water partition coefficient (Wildman–Crippen LogP) is -0.195. The summed E-state index contributed by atoms with van der Waals surface area (Å²) in [5, 5.41) is 14.6. The molecule has 0 spiro atoms. The monoisotopic (exact) mass is 200 g/mol. The summed E-state index contributed by atoms with van der Waals surface area (Å²) >= 11 is 0. The summed E-state index contributed by atoms with van der Waals surface area (Å²) in [6, 6.07) is 0.726. The SMILES string of the molecule is CC(NCCN(C)C1CC1)C(N)=NO. The number of oxime groups is 1. The number of nitrogens with one attached hydrogen (secondary N) is 1. The van der Waals surface area contributed by atoms with Crippen LogP contribution >= 0.6 is 0 Å². The van der Waals surface area contributed by atoms with Gasteiger partial charge in [-0.2, -0.15) is 0 Å². The normalized spacial score (nSPS) is 20.1. The molecule has 0 bridgehead atoms. The minimum atomic E-state index is -0.0624. The van der Waals surface area contributed by atoms with Crippen molar-refractivity contribution in [1.29, 1.82) is 0 Å². The van der Waals surface area contributed by atoms with Gasteiger partial charge in [0, 0.05) is 19.1 Å². The van der Waals surface area contributed by atoms with Gasteiger partial charge in [-0.3, -0.25) is 0 Å². The smallest absolute Gasteiger partial charge is 0.156 e. The number of nitrogens with two attached hydrogens (primary N) is 1. The summed E-state index contributed by atoms with van der Waals surface area (Å²) in [6.45, 7) is 3.75.